The molecule has 0 saturated heterocycles. The fraction of sp³-hybridized carbons (Fsp3) is 0.882. The first kappa shape index (κ1) is 13.2. The fourth-order valence-corrected chi connectivity index (χ4v) is 4.22. The van der Waals surface area contributed by atoms with E-state index >= 15 is 0 Å². The Bertz CT molecular complexity index is 276. The average Bonchev–Trinajstić information content (AvgIpc) is 2.28. The molecule has 0 aromatic carbocycles. The third kappa shape index (κ3) is 2.95. The fourth-order valence-electron chi connectivity index (χ4n) is 4.22. The molecule has 0 heterocycles. The molecule has 0 heteroatoms. The van der Waals surface area contributed by atoms with Gasteiger partial charge in [0.2, 0.25) is 0 Å². The van der Waals surface area contributed by atoms with Crippen LogP contribution in [-0.2, 0) is 0 Å². The lowest BCUT2D eigenvalue weighted by molar-refractivity contribution is 0.0992. The van der Waals surface area contributed by atoms with Crippen molar-refractivity contribution in [1.82, 2.24) is 0 Å². The molecule has 0 aliphatic heterocycles. The Morgan fingerprint density at radius 2 is 1.76 bits per heavy atom. The molecule has 0 atom stereocenters. The maximum absolute atomic E-state index is 2.61. The second-order valence-electron chi connectivity index (χ2n) is 7.20. The molecule has 0 nitrogen and oxygen atoms in total. The minimum atomic E-state index is 0.584. The Morgan fingerprint density at radius 1 is 1.06 bits per heavy atom. The number of hydrogen-bond acceptors (Lipinski definition) is 0. The van der Waals surface area contributed by atoms with Crippen LogP contribution in [0.25, 0.3) is 0 Å². The zero-order valence-corrected chi connectivity index (χ0v) is 12.1. The molecule has 2 saturated carbocycles. The van der Waals surface area contributed by atoms with E-state index in [0.29, 0.717) is 10.8 Å². The lowest BCUT2D eigenvalue weighted by Gasteiger charge is -2.49. The predicted octanol–water partition coefficient (Wildman–Crippen LogP) is 5.87. The van der Waals surface area contributed by atoms with Gasteiger partial charge in [0.15, 0.2) is 0 Å². The van der Waals surface area contributed by atoms with Crippen molar-refractivity contribution >= 4 is 0 Å². The molecule has 0 radical (unpaired) electrons. The van der Waals surface area contributed by atoms with Crippen LogP contribution in [0.15, 0.2) is 11.6 Å². The highest BCUT2D eigenvalue weighted by Crippen LogP contribution is 2.56. The van der Waals surface area contributed by atoms with Gasteiger partial charge in [0.05, 0.1) is 0 Å². The lowest BCUT2D eigenvalue weighted by atomic mass is 9.56. The summed E-state index contributed by atoms with van der Waals surface area (Å²) in [5, 5.41) is 0. The highest BCUT2D eigenvalue weighted by Gasteiger charge is 2.43. The SMILES string of the molecule is CCCC=C1CCC(C)(C)CC12CCCCC2. The molecule has 2 aliphatic rings. The molecule has 2 aliphatic carbocycles. The van der Waals surface area contributed by atoms with Crippen LogP contribution in [0.2, 0.25) is 0 Å². The molecule has 98 valence electrons. The van der Waals surface area contributed by atoms with E-state index in [2.05, 4.69) is 26.8 Å². The van der Waals surface area contributed by atoms with Gasteiger partial charge in [-0.25, -0.2) is 0 Å². The second-order valence-corrected chi connectivity index (χ2v) is 7.20. The molecule has 1 spiro atoms. The molecule has 0 unspecified atom stereocenters. The first-order valence-corrected chi connectivity index (χ1v) is 7.78. The number of rotatable bonds is 2. The second kappa shape index (κ2) is 5.16. The summed E-state index contributed by atoms with van der Waals surface area (Å²) in [6.45, 7) is 7.28. The normalized spacial score (nSPS) is 29.7. The Morgan fingerprint density at radius 3 is 2.41 bits per heavy atom. The van der Waals surface area contributed by atoms with Crippen molar-refractivity contribution in [3.05, 3.63) is 11.6 Å². The first-order valence-electron chi connectivity index (χ1n) is 7.78. The Balaban J connectivity index is 2.19. The van der Waals surface area contributed by atoms with E-state index in [9.17, 15) is 0 Å². The van der Waals surface area contributed by atoms with E-state index in [1.54, 1.807) is 0 Å². The number of unbranched alkanes of at least 4 members (excludes halogenated alkanes) is 1. The smallest absolute Gasteiger partial charge is 0.00830 e. The maximum atomic E-state index is 2.61. The molecular weight excluding hydrogens is 204 g/mol. The van der Waals surface area contributed by atoms with E-state index in [-0.39, 0.29) is 0 Å². The number of allylic oxidation sites excluding steroid dienone is 2. The largest absolute Gasteiger partial charge is 0.0848 e. The summed E-state index contributed by atoms with van der Waals surface area (Å²) >= 11 is 0. The van der Waals surface area contributed by atoms with Crippen LogP contribution in [0.4, 0.5) is 0 Å². The lowest BCUT2D eigenvalue weighted by Crippen LogP contribution is -2.36. The molecule has 0 aromatic rings. The first-order chi connectivity index (χ1) is 8.08. The molecule has 17 heavy (non-hydrogen) atoms. The Kier molecular flexibility index (Phi) is 4.00. The summed E-state index contributed by atoms with van der Waals surface area (Å²) in [4.78, 5) is 0. The van der Waals surface area contributed by atoms with E-state index in [1.165, 1.54) is 64.2 Å². The van der Waals surface area contributed by atoms with Gasteiger partial charge in [-0.3, -0.25) is 0 Å². The van der Waals surface area contributed by atoms with Crippen LogP contribution in [0.3, 0.4) is 0 Å². The van der Waals surface area contributed by atoms with Crippen LogP contribution in [0.1, 0.15) is 85.0 Å². The zero-order chi connectivity index (χ0) is 12.4. The van der Waals surface area contributed by atoms with Gasteiger partial charge in [-0.1, -0.05) is 58.1 Å². The van der Waals surface area contributed by atoms with Crippen LogP contribution in [0.5, 0.6) is 0 Å². The summed E-state index contributed by atoms with van der Waals surface area (Å²) in [5.74, 6) is 0. The highest BCUT2D eigenvalue weighted by molar-refractivity contribution is 5.20. The van der Waals surface area contributed by atoms with Gasteiger partial charge in [-0.05, 0) is 49.4 Å². The number of hydrogen-bond donors (Lipinski definition) is 0. The van der Waals surface area contributed by atoms with Crippen molar-refractivity contribution in [1.29, 1.82) is 0 Å². The molecule has 2 fully saturated rings. The summed E-state index contributed by atoms with van der Waals surface area (Å²) < 4.78 is 0. The monoisotopic (exact) mass is 234 g/mol. The molecule has 2 rings (SSSR count). The van der Waals surface area contributed by atoms with Gasteiger partial charge in [0.1, 0.15) is 0 Å². The van der Waals surface area contributed by atoms with Gasteiger partial charge in [0.25, 0.3) is 0 Å². The summed E-state index contributed by atoms with van der Waals surface area (Å²) in [6, 6.07) is 0. The van der Waals surface area contributed by atoms with Gasteiger partial charge < -0.3 is 0 Å². The third-order valence-corrected chi connectivity index (χ3v) is 5.06. The highest BCUT2D eigenvalue weighted by atomic mass is 14.5. The van der Waals surface area contributed by atoms with Crippen LogP contribution < -0.4 is 0 Å². The molecule has 0 aromatic heterocycles. The van der Waals surface area contributed by atoms with Crippen molar-refractivity contribution in [2.75, 3.05) is 0 Å². The van der Waals surface area contributed by atoms with Crippen LogP contribution in [0, 0.1) is 10.8 Å². The van der Waals surface area contributed by atoms with Crippen LogP contribution in [-0.4, -0.2) is 0 Å². The van der Waals surface area contributed by atoms with Gasteiger partial charge in [0, 0.05) is 0 Å². The Labute approximate surface area is 108 Å². The standard InChI is InChI=1S/C17H30/c1-4-5-9-15-10-13-16(2,3)14-17(15)11-7-6-8-12-17/h9H,4-8,10-14H2,1-3H3. The summed E-state index contributed by atoms with van der Waals surface area (Å²) in [7, 11) is 0. The molecule has 0 N–H and O–H groups in total. The average molecular weight is 234 g/mol. The van der Waals surface area contributed by atoms with Gasteiger partial charge >= 0.3 is 0 Å². The third-order valence-electron chi connectivity index (χ3n) is 5.06. The Hall–Kier alpha value is -0.260. The van der Waals surface area contributed by atoms with E-state index < -0.39 is 0 Å². The van der Waals surface area contributed by atoms with Crippen molar-refractivity contribution in [3.63, 3.8) is 0 Å². The van der Waals surface area contributed by atoms with Crippen molar-refractivity contribution in [2.45, 2.75) is 85.0 Å². The van der Waals surface area contributed by atoms with E-state index in [0.717, 1.165) is 0 Å². The van der Waals surface area contributed by atoms with Crippen molar-refractivity contribution in [3.8, 4) is 0 Å². The predicted molar refractivity (Wildman–Crippen MR) is 76.1 cm³/mol. The zero-order valence-electron chi connectivity index (χ0n) is 12.1. The summed E-state index contributed by atoms with van der Waals surface area (Å²) in [6.07, 6.45) is 16.8. The molecule has 0 bridgehead atoms. The molecular formula is C17H30. The maximum Gasteiger partial charge on any atom is -0.00830 e. The quantitative estimate of drug-likeness (QED) is 0.524. The van der Waals surface area contributed by atoms with Gasteiger partial charge in [-0.2, -0.15) is 0 Å². The minimum absolute atomic E-state index is 0.584. The molecule has 0 amide bonds. The van der Waals surface area contributed by atoms with E-state index in [4.69, 9.17) is 0 Å². The van der Waals surface area contributed by atoms with Crippen molar-refractivity contribution in [2.24, 2.45) is 10.8 Å². The summed E-state index contributed by atoms with van der Waals surface area (Å²) in [5.41, 5.74) is 3.05. The topological polar surface area (TPSA) is 0 Å². The van der Waals surface area contributed by atoms with Crippen LogP contribution >= 0.6 is 0 Å². The minimum Gasteiger partial charge on any atom is -0.0848 e. The van der Waals surface area contributed by atoms with Gasteiger partial charge in [-0.15, -0.1) is 0 Å². The van der Waals surface area contributed by atoms with E-state index in [1.807, 2.05) is 5.57 Å². The van der Waals surface area contributed by atoms with Crippen molar-refractivity contribution < 1.29 is 0 Å².